The summed E-state index contributed by atoms with van der Waals surface area (Å²) >= 11 is 0. The number of ether oxygens (including phenoxy) is 2. The van der Waals surface area contributed by atoms with Crippen LogP contribution in [0.2, 0.25) is 0 Å². The fraction of sp³-hybridized carbons (Fsp3) is 0.769. The lowest BCUT2D eigenvalue weighted by molar-refractivity contribution is -0.305. The van der Waals surface area contributed by atoms with E-state index in [2.05, 4.69) is 6.58 Å². The Morgan fingerprint density at radius 3 is 1.84 bits per heavy atom. The number of aliphatic hydroxyl groups is 3. The number of hydrogen-bond donors (Lipinski definition) is 3. The molecule has 0 amide bonds. The second-order valence-corrected chi connectivity index (χ2v) is 4.02. The summed E-state index contributed by atoms with van der Waals surface area (Å²) in [5.74, 6) is -1.42. The van der Waals surface area contributed by atoms with Crippen LogP contribution in [0, 0.1) is 5.41 Å². The topological polar surface area (TPSA) is 96.2 Å². The van der Waals surface area contributed by atoms with Crippen molar-refractivity contribution in [3.8, 4) is 0 Å². The molecule has 0 saturated heterocycles. The van der Waals surface area contributed by atoms with Crippen molar-refractivity contribution >= 4 is 6.29 Å². The fourth-order valence-electron chi connectivity index (χ4n) is 1.40. The summed E-state index contributed by atoms with van der Waals surface area (Å²) in [4.78, 5) is 10.3. The zero-order valence-corrected chi connectivity index (χ0v) is 12.0. The number of carbonyl (C=O) groups excluding carboxylic acids is 1. The second-order valence-electron chi connectivity index (χ2n) is 4.02. The molecule has 6 nitrogen and oxygen atoms in total. The van der Waals surface area contributed by atoms with Gasteiger partial charge in [-0.15, -0.1) is 6.58 Å². The first-order chi connectivity index (χ1) is 8.97. The van der Waals surface area contributed by atoms with Gasteiger partial charge in [-0.05, 0) is 20.8 Å². The van der Waals surface area contributed by atoms with Crippen LogP contribution in [0.4, 0.5) is 0 Å². The number of carbonyl (C=O) groups is 1. The Bertz CT molecular complexity index is 231. The number of hydrogen-bond acceptors (Lipinski definition) is 6. The average molecular weight is 278 g/mol. The molecule has 1 unspecified atom stereocenters. The summed E-state index contributed by atoms with van der Waals surface area (Å²) in [6.07, 6.45) is 2.29. The van der Waals surface area contributed by atoms with Crippen LogP contribution in [0.3, 0.4) is 0 Å². The van der Waals surface area contributed by atoms with E-state index in [0.717, 1.165) is 0 Å². The zero-order valence-electron chi connectivity index (χ0n) is 12.0. The molecule has 0 saturated carbocycles. The van der Waals surface area contributed by atoms with Gasteiger partial charge in [-0.2, -0.15) is 0 Å². The number of rotatable bonds is 9. The molecule has 0 bridgehead atoms. The average Bonchev–Trinajstić information content (AvgIpc) is 2.40. The SMILES string of the molecule is C=CC.CCOC(C)(OCC=O)C(CO)(CO)CO. The predicted molar refractivity (Wildman–Crippen MR) is 71.6 cm³/mol. The van der Waals surface area contributed by atoms with Crippen molar-refractivity contribution in [3.63, 3.8) is 0 Å². The van der Waals surface area contributed by atoms with E-state index in [1.807, 2.05) is 6.92 Å². The Morgan fingerprint density at radius 2 is 1.58 bits per heavy atom. The third-order valence-electron chi connectivity index (χ3n) is 2.72. The lowest BCUT2D eigenvalue weighted by Gasteiger charge is -2.44. The van der Waals surface area contributed by atoms with Crippen LogP contribution < -0.4 is 0 Å². The summed E-state index contributed by atoms with van der Waals surface area (Å²) in [6.45, 7) is 6.90. The first kappa shape index (κ1) is 20.5. The normalized spacial score (nSPS) is 14.0. The highest BCUT2D eigenvalue weighted by Gasteiger charge is 2.49. The highest BCUT2D eigenvalue weighted by Crippen LogP contribution is 2.35. The lowest BCUT2D eigenvalue weighted by atomic mass is 9.82. The maximum Gasteiger partial charge on any atom is 0.178 e. The van der Waals surface area contributed by atoms with Gasteiger partial charge in [-0.1, -0.05) is 6.08 Å². The van der Waals surface area contributed by atoms with Crippen molar-refractivity contribution in [3.05, 3.63) is 12.7 Å². The van der Waals surface area contributed by atoms with Gasteiger partial charge in [0.25, 0.3) is 0 Å². The molecule has 0 aromatic rings. The Kier molecular flexibility index (Phi) is 12.0. The van der Waals surface area contributed by atoms with E-state index in [0.29, 0.717) is 6.29 Å². The molecule has 114 valence electrons. The number of aldehydes is 1. The minimum Gasteiger partial charge on any atom is -0.395 e. The van der Waals surface area contributed by atoms with Crippen molar-refractivity contribution in [1.82, 2.24) is 0 Å². The fourth-order valence-corrected chi connectivity index (χ4v) is 1.40. The lowest BCUT2D eigenvalue weighted by Crippen LogP contribution is -2.57. The number of aliphatic hydroxyl groups excluding tert-OH is 3. The largest absolute Gasteiger partial charge is 0.395 e. The maximum atomic E-state index is 10.3. The Hall–Kier alpha value is -0.790. The van der Waals surface area contributed by atoms with Crippen molar-refractivity contribution < 1.29 is 29.6 Å². The molecule has 3 N–H and O–H groups in total. The van der Waals surface area contributed by atoms with Gasteiger partial charge in [0, 0.05) is 6.61 Å². The van der Waals surface area contributed by atoms with Crippen molar-refractivity contribution in [2.24, 2.45) is 5.41 Å². The molecule has 0 aliphatic rings. The standard InChI is InChI=1S/C10H20O6.C3H6/c1-3-15-9(2,16-5-4-11)10(6-12,7-13)8-14;1-3-2/h4,12-14H,3,5-8H2,1-2H3;3H,1H2,2H3. The van der Waals surface area contributed by atoms with E-state index in [-0.39, 0.29) is 13.2 Å². The van der Waals surface area contributed by atoms with Crippen LogP contribution in [0.15, 0.2) is 12.7 Å². The smallest absolute Gasteiger partial charge is 0.178 e. The first-order valence-corrected chi connectivity index (χ1v) is 6.08. The molecule has 0 aromatic heterocycles. The molecule has 6 heteroatoms. The van der Waals surface area contributed by atoms with Gasteiger partial charge in [0.2, 0.25) is 0 Å². The molecular formula is C13H26O6. The van der Waals surface area contributed by atoms with Crippen LogP contribution in [-0.4, -0.2) is 60.4 Å². The summed E-state index contributed by atoms with van der Waals surface area (Å²) in [5, 5.41) is 27.8. The minimum absolute atomic E-state index is 0.238. The molecule has 0 aromatic carbocycles. The van der Waals surface area contributed by atoms with Gasteiger partial charge in [0.1, 0.15) is 12.9 Å². The summed E-state index contributed by atoms with van der Waals surface area (Å²) < 4.78 is 10.5. The summed E-state index contributed by atoms with van der Waals surface area (Å²) in [6, 6.07) is 0. The third kappa shape index (κ3) is 5.80. The molecule has 1 atom stereocenters. The van der Waals surface area contributed by atoms with E-state index < -0.39 is 31.0 Å². The van der Waals surface area contributed by atoms with E-state index >= 15 is 0 Å². The molecule has 0 aliphatic heterocycles. The van der Waals surface area contributed by atoms with Crippen LogP contribution in [0.25, 0.3) is 0 Å². The van der Waals surface area contributed by atoms with Gasteiger partial charge < -0.3 is 29.6 Å². The van der Waals surface area contributed by atoms with Crippen molar-refractivity contribution in [1.29, 1.82) is 0 Å². The van der Waals surface area contributed by atoms with E-state index in [1.165, 1.54) is 6.92 Å². The first-order valence-electron chi connectivity index (χ1n) is 6.08. The van der Waals surface area contributed by atoms with Gasteiger partial charge in [-0.25, -0.2) is 0 Å². The van der Waals surface area contributed by atoms with E-state index in [4.69, 9.17) is 9.47 Å². The summed E-state index contributed by atoms with van der Waals surface area (Å²) in [5.41, 5.74) is -1.36. The maximum absolute atomic E-state index is 10.3. The predicted octanol–water partition coefficient (Wildman–Crippen LogP) is 0.110. The summed E-state index contributed by atoms with van der Waals surface area (Å²) in [7, 11) is 0. The molecular weight excluding hydrogens is 252 g/mol. The molecule has 0 spiro atoms. The Morgan fingerprint density at radius 1 is 1.16 bits per heavy atom. The van der Waals surface area contributed by atoms with Crippen LogP contribution >= 0.6 is 0 Å². The molecule has 0 aliphatic carbocycles. The van der Waals surface area contributed by atoms with Crippen LogP contribution in [0.1, 0.15) is 20.8 Å². The zero-order chi connectivity index (χ0) is 15.4. The molecule has 0 heterocycles. The quantitative estimate of drug-likeness (QED) is 0.315. The molecule has 0 rings (SSSR count). The minimum atomic E-state index is -1.42. The van der Waals surface area contributed by atoms with Gasteiger partial charge in [0.15, 0.2) is 5.79 Å². The van der Waals surface area contributed by atoms with Crippen molar-refractivity contribution in [2.45, 2.75) is 26.6 Å². The third-order valence-corrected chi connectivity index (χ3v) is 2.72. The van der Waals surface area contributed by atoms with Gasteiger partial charge >= 0.3 is 0 Å². The monoisotopic (exact) mass is 278 g/mol. The highest BCUT2D eigenvalue weighted by atomic mass is 16.7. The Labute approximate surface area is 114 Å². The van der Waals surface area contributed by atoms with Crippen LogP contribution in [-0.2, 0) is 14.3 Å². The van der Waals surface area contributed by atoms with E-state index in [1.54, 1.807) is 13.0 Å². The molecule has 19 heavy (non-hydrogen) atoms. The van der Waals surface area contributed by atoms with Crippen molar-refractivity contribution in [2.75, 3.05) is 33.0 Å². The van der Waals surface area contributed by atoms with E-state index in [9.17, 15) is 20.1 Å². The second kappa shape index (κ2) is 11.1. The number of allylic oxidation sites excluding steroid dienone is 1. The van der Waals surface area contributed by atoms with Gasteiger partial charge in [0.05, 0.1) is 25.2 Å². The molecule has 0 radical (unpaired) electrons. The highest BCUT2D eigenvalue weighted by molar-refractivity contribution is 5.50. The van der Waals surface area contributed by atoms with Gasteiger partial charge in [-0.3, -0.25) is 0 Å². The Balaban J connectivity index is 0. The molecule has 0 fully saturated rings. The van der Waals surface area contributed by atoms with Crippen LogP contribution in [0.5, 0.6) is 0 Å².